The average molecular weight is 618 g/mol. The number of hydrogen-bond donors (Lipinski definition) is 4. The van der Waals surface area contributed by atoms with Crippen LogP contribution in [0, 0.1) is 0 Å². The van der Waals surface area contributed by atoms with Gasteiger partial charge in [-0.25, -0.2) is 0 Å². The number of rotatable bonds is 31. The molecule has 0 radical (unpaired) electrons. The van der Waals surface area contributed by atoms with Crippen molar-refractivity contribution in [2.45, 2.75) is 96.8 Å². The number of carboxylic acid groups (broad SMARTS) is 4. The van der Waals surface area contributed by atoms with Crippen molar-refractivity contribution in [3.05, 3.63) is 0 Å². The first-order chi connectivity index (χ1) is 20.5. The van der Waals surface area contributed by atoms with E-state index in [1.54, 1.807) is 4.90 Å². The summed E-state index contributed by atoms with van der Waals surface area (Å²) in [5.41, 5.74) is 0. The standard InChI is InChI=1S/C30H55N3O10/c1-2-3-4-5-6-7-8-9-10-11-12-13-14-15-20-43-30(42)25-31(16-18-32(21-26(34)35)22-27(36)37)17-19-33(23-28(38)39)24-29(40)41/h2-25H2,1H3,(H,34,35)(H,36,37)(H,38,39)(H,40,41). The summed E-state index contributed by atoms with van der Waals surface area (Å²) >= 11 is 0. The Kier molecular flexibility index (Phi) is 25.1. The van der Waals surface area contributed by atoms with Crippen LogP contribution < -0.4 is 0 Å². The monoisotopic (exact) mass is 617 g/mol. The maximum atomic E-state index is 12.5. The number of ether oxygens (including phenoxy) is 1. The van der Waals surface area contributed by atoms with Gasteiger partial charge in [-0.1, -0.05) is 90.4 Å². The van der Waals surface area contributed by atoms with Crippen molar-refractivity contribution in [3.8, 4) is 0 Å². The van der Waals surface area contributed by atoms with Gasteiger partial charge in [-0.05, 0) is 6.42 Å². The van der Waals surface area contributed by atoms with E-state index in [0.29, 0.717) is 0 Å². The maximum Gasteiger partial charge on any atom is 0.320 e. The molecule has 0 aromatic carbocycles. The lowest BCUT2D eigenvalue weighted by Crippen LogP contribution is -2.45. The Labute approximate surface area is 256 Å². The summed E-state index contributed by atoms with van der Waals surface area (Å²) in [6.45, 7) is 0.523. The van der Waals surface area contributed by atoms with Gasteiger partial charge in [-0.15, -0.1) is 0 Å². The Morgan fingerprint density at radius 2 is 0.744 bits per heavy atom. The van der Waals surface area contributed by atoms with Gasteiger partial charge in [0, 0.05) is 26.2 Å². The molecule has 0 aliphatic heterocycles. The molecule has 250 valence electrons. The van der Waals surface area contributed by atoms with Crippen molar-refractivity contribution in [2.75, 3.05) is 65.5 Å². The summed E-state index contributed by atoms with van der Waals surface area (Å²) in [4.78, 5) is 61.0. The van der Waals surface area contributed by atoms with Crippen LogP contribution in [-0.2, 0) is 28.7 Å². The summed E-state index contributed by atoms with van der Waals surface area (Å²) in [6, 6.07) is 0. The molecule has 13 heteroatoms. The van der Waals surface area contributed by atoms with Gasteiger partial charge in [0.15, 0.2) is 0 Å². The lowest BCUT2D eigenvalue weighted by Gasteiger charge is -2.27. The molecule has 0 heterocycles. The van der Waals surface area contributed by atoms with Crippen LogP contribution in [0.2, 0.25) is 0 Å². The highest BCUT2D eigenvalue weighted by Gasteiger charge is 2.20. The van der Waals surface area contributed by atoms with E-state index in [0.717, 1.165) is 25.7 Å². The molecule has 0 atom stereocenters. The molecule has 0 spiro atoms. The van der Waals surface area contributed by atoms with Crippen LogP contribution in [0.1, 0.15) is 96.8 Å². The minimum Gasteiger partial charge on any atom is -0.480 e. The SMILES string of the molecule is CCCCCCCCCCCCCCCCOC(=O)CN(CCN(CC(=O)O)CC(=O)O)CCN(CC(=O)O)CC(=O)O. The maximum absolute atomic E-state index is 12.5. The van der Waals surface area contributed by atoms with Crippen molar-refractivity contribution >= 4 is 29.8 Å². The third-order valence-corrected chi connectivity index (χ3v) is 7.01. The summed E-state index contributed by atoms with van der Waals surface area (Å²) in [5.74, 6) is -5.31. The highest BCUT2D eigenvalue weighted by Crippen LogP contribution is 2.13. The number of aliphatic carboxylic acids is 4. The predicted octanol–water partition coefficient (Wildman–Crippen LogP) is 3.26. The van der Waals surface area contributed by atoms with Crippen molar-refractivity contribution in [1.29, 1.82) is 0 Å². The number of esters is 1. The van der Waals surface area contributed by atoms with Gasteiger partial charge in [0.1, 0.15) is 0 Å². The molecule has 0 aromatic rings. The topological polar surface area (TPSA) is 185 Å². The first kappa shape index (κ1) is 40.2. The summed E-state index contributed by atoms with van der Waals surface area (Å²) in [6.07, 6.45) is 17.0. The lowest BCUT2D eigenvalue weighted by atomic mass is 10.0. The van der Waals surface area contributed by atoms with Gasteiger partial charge >= 0.3 is 29.8 Å². The molecule has 0 amide bonds. The van der Waals surface area contributed by atoms with Crippen molar-refractivity contribution < 1.29 is 49.1 Å². The second-order valence-corrected chi connectivity index (χ2v) is 11.1. The molecule has 13 nitrogen and oxygen atoms in total. The van der Waals surface area contributed by atoms with E-state index in [2.05, 4.69) is 6.92 Å². The Morgan fingerprint density at radius 1 is 0.442 bits per heavy atom. The third kappa shape index (κ3) is 27.8. The number of carboxylic acids is 4. The lowest BCUT2D eigenvalue weighted by molar-refractivity contribution is -0.147. The molecule has 0 bridgehead atoms. The van der Waals surface area contributed by atoms with E-state index in [9.17, 15) is 24.0 Å². The Bertz CT molecular complexity index is 724. The zero-order valence-corrected chi connectivity index (χ0v) is 26.1. The molecule has 0 rings (SSSR count). The number of unbranched alkanes of at least 4 members (excludes halogenated alkanes) is 13. The number of carbonyl (C=O) groups is 5. The first-order valence-corrected chi connectivity index (χ1v) is 15.7. The van der Waals surface area contributed by atoms with E-state index in [4.69, 9.17) is 25.2 Å². The van der Waals surface area contributed by atoms with E-state index in [-0.39, 0.29) is 39.3 Å². The second kappa shape index (κ2) is 26.8. The Morgan fingerprint density at radius 3 is 1.07 bits per heavy atom. The molecular weight excluding hydrogens is 562 g/mol. The van der Waals surface area contributed by atoms with E-state index in [1.807, 2.05) is 0 Å². The van der Waals surface area contributed by atoms with Crippen molar-refractivity contribution in [2.24, 2.45) is 0 Å². The highest BCUT2D eigenvalue weighted by atomic mass is 16.5. The van der Waals surface area contributed by atoms with Crippen molar-refractivity contribution in [1.82, 2.24) is 14.7 Å². The zero-order valence-electron chi connectivity index (χ0n) is 26.1. The third-order valence-electron chi connectivity index (χ3n) is 7.01. The molecule has 0 saturated heterocycles. The number of hydrogen-bond acceptors (Lipinski definition) is 9. The summed E-state index contributed by atoms with van der Waals surface area (Å²) < 4.78 is 5.37. The molecule has 0 saturated carbocycles. The number of carbonyl (C=O) groups excluding carboxylic acids is 1. The Balaban J connectivity index is 4.51. The molecule has 0 aliphatic rings. The Hall–Kier alpha value is -2.77. The van der Waals surface area contributed by atoms with Gasteiger partial charge in [0.25, 0.3) is 0 Å². The fourth-order valence-electron chi connectivity index (χ4n) is 4.74. The van der Waals surface area contributed by atoms with E-state index in [1.165, 1.54) is 74.0 Å². The minimum atomic E-state index is -1.20. The quantitative estimate of drug-likeness (QED) is 0.0657. The summed E-state index contributed by atoms with van der Waals surface area (Å²) in [7, 11) is 0. The smallest absolute Gasteiger partial charge is 0.320 e. The normalized spacial score (nSPS) is 11.3. The van der Waals surface area contributed by atoms with Crippen LogP contribution in [0.4, 0.5) is 0 Å². The predicted molar refractivity (Wildman–Crippen MR) is 161 cm³/mol. The molecule has 0 aliphatic carbocycles. The average Bonchev–Trinajstić information content (AvgIpc) is 2.90. The highest BCUT2D eigenvalue weighted by molar-refractivity contribution is 5.73. The van der Waals surface area contributed by atoms with Crippen LogP contribution in [0.3, 0.4) is 0 Å². The molecule has 4 N–H and O–H groups in total. The van der Waals surface area contributed by atoms with Crippen LogP contribution in [0.5, 0.6) is 0 Å². The van der Waals surface area contributed by atoms with Gasteiger partial charge < -0.3 is 25.2 Å². The van der Waals surface area contributed by atoms with Gasteiger partial charge in [0.2, 0.25) is 0 Å². The van der Waals surface area contributed by atoms with Crippen LogP contribution in [0.15, 0.2) is 0 Å². The van der Waals surface area contributed by atoms with Gasteiger partial charge in [-0.3, -0.25) is 38.7 Å². The van der Waals surface area contributed by atoms with Gasteiger partial charge in [-0.2, -0.15) is 0 Å². The summed E-state index contributed by atoms with van der Waals surface area (Å²) in [5, 5.41) is 36.3. The van der Waals surface area contributed by atoms with Crippen LogP contribution in [-0.4, -0.2) is 130 Å². The van der Waals surface area contributed by atoms with Gasteiger partial charge in [0.05, 0.1) is 39.3 Å². The molecular formula is C30H55N3O10. The van der Waals surface area contributed by atoms with Crippen LogP contribution >= 0.6 is 0 Å². The second-order valence-electron chi connectivity index (χ2n) is 11.1. The van der Waals surface area contributed by atoms with E-state index < -0.39 is 56.0 Å². The minimum absolute atomic E-state index is 0.0166. The van der Waals surface area contributed by atoms with Crippen molar-refractivity contribution in [3.63, 3.8) is 0 Å². The fourth-order valence-corrected chi connectivity index (χ4v) is 4.74. The molecule has 0 fully saturated rings. The largest absolute Gasteiger partial charge is 0.480 e. The molecule has 0 unspecified atom stereocenters. The number of nitrogens with zero attached hydrogens (tertiary/aromatic N) is 3. The first-order valence-electron chi connectivity index (χ1n) is 15.7. The molecule has 0 aromatic heterocycles. The van der Waals surface area contributed by atoms with E-state index >= 15 is 0 Å². The molecule has 43 heavy (non-hydrogen) atoms. The van der Waals surface area contributed by atoms with Crippen LogP contribution in [0.25, 0.3) is 0 Å². The zero-order chi connectivity index (χ0) is 32.3. The fraction of sp³-hybridized carbons (Fsp3) is 0.833.